The maximum Gasteiger partial charge on any atom is 0.253 e. The summed E-state index contributed by atoms with van der Waals surface area (Å²) in [6.07, 6.45) is 2.51. The van der Waals surface area contributed by atoms with Crippen LogP contribution in [0.5, 0.6) is 0 Å². The quantitative estimate of drug-likeness (QED) is 0.766. The summed E-state index contributed by atoms with van der Waals surface area (Å²) >= 11 is 0. The van der Waals surface area contributed by atoms with Crippen molar-refractivity contribution >= 4 is 17.5 Å². The fourth-order valence-corrected chi connectivity index (χ4v) is 4.88. The minimum Gasteiger partial charge on any atom is -0.372 e. The molecule has 3 heterocycles. The van der Waals surface area contributed by atoms with E-state index in [9.17, 15) is 9.59 Å². The number of nitrogens with zero attached hydrogens (tertiary/aromatic N) is 4. The summed E-state index contributed by atoms with van der Waals surface area (Å²) in [4.78, 5) is 34.1. The third kappa shape index (κ3) is 4.17. The SMILES string of the molecule is O=C(c1ccccc1)N1CCN(C2CN(C(=O)c3ccc(N4CCCC4)cc3)C2)CC1. The lowest BCUT2D eigenvalue weighted by Crippen LogP contribution is -2.64. The third-order valence-corrected chi connectivity index (χ3v) is 6.87. The molecule has 0 unspecified atom stereocenters. The standard InChI is InChI=1S/C25H30N4O2/c30-24(20-6-2-1-3-7-20)28-16-14-27(15-17-28)23-18-29(19-23)25(31)21-8-10-22(11-9-21)26-12-4-5-13-26/h1-3,6-11,23H,4-5,12-19H2. The molecule has 6 heteroatoms. The van der Waals surface area contributed by atoms with Crippen molar-refractivity contribution in [2.45, 2.75) is 18.9 Å². The number of carbonyl (C=O) groups excluding carboxylic acids is 2. The average molecular weight is 419 g/mol. The third-order valence-electron chi connectivity index (χ3n) is 6.87. The first kappa shape index (κ1) is 20.1. The second-order valence-electron chi connectivity index (χ2n) is 8.80. The Bertz CT molecular complexity index is 910. The van der Waals surface area contributed by atoms with E-state index < -0.39 is 0 Å². The summed E-state index contributed by atoms with van der Waals surface area (Å²) in [6.45, 7) is 7.02. The van der Waals surface area contributed by atoms with E-state index in [1.165, 1.54) is 18.5 Å². The maximum absolute atomic E-state index is 12.8. The lowest BCUT2D eigenvalue weighted by Gasteiger charge is -2.48. The Morgan fingerprint density at radius 3 is 1.87 bits per heavy atom. The van der Waals surface area contributed by atoms with Crippen molar-refractivity contribution in [3.8, 4) is 0 Å². The molecule has 0 atom stereocenters. The van der Waals surface area contributed by atoms with Gasteiger partial charge in [-0.25, -0.2) is 0 Å². The van der Waals surface area contributed by atoms with E-state index in [4.69, 9.17) is 0 Å². The van der Waals surface area contributed by atoms with Gasteiger partial charge in [0.25, 0.3) is 11.8 Å². The summed E-state index contributed by atoms with van der Waals surface area (Å²) < 4.78 is 0. The minimum absolute atomic E-state index is 0.114. The number of rotatable bonds is 4. The summed E-state index contributed by atoms with van der Waals surface area (Å²) in [6, 6.07) is 18.0. The maximum atomic E-state index is 12.8. The highest BCUT2D eigenvalue weighted by atomic mass is 16.2. The van der Waals surface area contributed by atoms with E-state index in [0.717, 1.165) is 63.5 Å². The minimum atomic E-state index is 0.114. The van der Waals surface area contributed by atoms with Gasteiger partial charge >= 0.3 is 0 Å². The molecule has 0 radical (unpaired) electrons. The molecule has 0 aliphatic carbocycles. The lowest BCUT2D eigenvalue weighted by atomic mass is 10.0. The fraction of sp³-hybridized carbons (Fsp3) is 0.440. The molecule has 0 N–H and O–H groups in total. The van der Waals surface area contributed by atoms with E-state index in [0.29, 0.717) is 6.04 Å². The van der Waals surface area contributed by atoms with Gasteiger partial charge in [0.05, 0.1) is 0 Å². The monoisotopic (exact) mass is 418 g/mol. The number of hydrogen-bond acceptors (Lipinski definition) is 4. The van der Waals surface area contributed by atoms with Crippen LogP contribution in [0.4, 0.5) is 5.69 Å². The highest BCUT2D eigenvalue weighted by Crippen LogP contribution is 2.23. The van der Waals surface area contributed by atoms with Gasteiger partial charge in [0.1, 0.15) is 0 Å². The molecule has 6 nitrogen and oxygen atoms in total. The molecule has 3 fully saturated rings. The first-order chi connectivity index (χ1) is 15.2. The summed E-state index contributed by atoms with van der Waals surface area (Å²) in [5, 5.41) is 0. The zero-order chi connectivity index (χ0) is 21.2. The van der Waals surface area contributed by atoms with Crippen LogP contribution < -0.4 is 4.90 Å². The largest absolute Gasteiger partial charge is 0.372 e. The van der Waals surface area contributed by atoms with Gasteiger partial charge in [-0.2, -0.15) is 0 Å². The van der Waals surface area contributed by atoms with Crippen molar-refractivity contribution in [3.05, 3.63) is 65.7 Å². The second-order valence-corrected chi connectivity index (χ2v) is 8.80. The lowest BCUT2D eigenvalue weighted by molar-refractivity contribution is 0.00854. The van der Waals surface area contributed by atoms with E-state index in [-0.39, 0.29) is 11.8 Å². The van der Waals surface area contributed by atoms with Gasteiger partial charge in [0, 0.05) is 75.2 Å². The van der Waals surface area contributed by atoms with Gasteiger partial charge in [-0.1, -0.05) is 18.2 Å². The number of amides is 2. The van der Waals surface area contributed by atoms with Crippen LogP contribution in [0, 0.1) is 0 Å². The Hall–Kier alpha value is -2.86. The fourth-order valence-electron chi connectivity index (χ4n) is 4.88. The highest BCUT2D eigenvalue weighted by Gasteiger charge is 2.37. The molecule has 0 aromatic heterocycles. The van der Waals surface area contributed by atoms with Crippen LogP contribution >= 0.6 is 0 Å². The second kappa shape index (κ2) is 8.71. The molecule has 0 bridgehead atoms. The normalized spacial score (nSPS) is 20.1. The van der Waals surface area contributed by atoms with Crippen molar-refractivity contribution in [2.24, 2.45) is 0 Å². The molecular formula is C25H30N4O2. The highest BCUT2D eigenvalue weighted by molar-refractivity contribution is 5.95. The summed E-state index contributed by atoms with van der Waals surface area (Å²) in [5.74, 6) is 0.241. The molecule has 2 aromatic rings. The Labute approximate surface area is 184 Å². The van der Waals surface area contributed by atoms with Crippen LogP contribution in [0.2, 0.25) is 0 Å². The van der Waals surface area contributed by atoms with Crippen LogP contribution in [0.1, 0.15) is 33.6 Å². The molecule has 2 aromatic carbocycles. The van der Waals surface area contributed by atoms with Crippen LogP contribution in [-0.2, 0) is 0 Å². The van der Waals surface area contributed by atoms with Gasteiger partial charge in [0.15, 0.2) is 0 Å². The van der Waals surface area contributed by atoms with Crippen LogP contribution in [0.25, 0.3) is 0 Å². The Balaban J connectivity index is 1.10. The molecule has 2 amide bonds. The van der Waals surface area contributed by atoms with Crippen LogP contribution in [0.15, 0.2) is 54.6 Å². The predicted octanol–water partition coefficient (Wildman–Crippen LogP) is 2.57. The molecule has 5 rings (SSSR count). The number of hydrogen-bond donors (Lipinski definition) is 0. The zero-order valence-electron chi connectivity index (χ0n) is 17.9. The van der Waals surface area contributed by atoms with Crippen molar-refractivity contribution in [3.63, 3.8) is 0 Å². The number of benzene rings is 2. The summed E-state index contributed by atoms with van der Waals surface area (Å²) in [5.41, 5.74) is 2.75. The molecule has 0 spiro atoms. The molecule has 3 saturated heterocycles. The van der Waals surface area contributed by atoms with Crippen LogP contribution in [0.3, 0.4) is 0 Å². The Morgan fingerprint density at radius 1 is 0.645 bits per heavy atom. The van der Waals surface area contributed by atoms with Gasteiger partial charge < -0.3 is 14.7 Å². The Morgan fingerprint density at radius 2 is 1.23 bits per heavy atom. The molecule has 162 valence electrons. The molecular weight excluding hydrogens is 388 g/mol. The first-order valence-electron chi connectivity index (χ1n) is 11.4. The van der Waals surface area contributed by atoms with Gasteiger partial charge in [-0.05, 0) is 49.2 Å². The zero-order valence-corrected chi connectivity index (χ0v) is 17.9. The van der Waals surface area contributed by atoms with E-state index in [2.05, 4.69) is 21.9 Å². The topological polar surface area (TPSA) is 47.1 Å². The smallest absolute Gasteiger partial charge is 0.253 e. The van der Waals surface area contributed by atoms with Crippen LogP contribution in [-0.4, -0.2) is 84.9 Å². The summed E-state index contributed by atoms with van der Waals surface area (Å²) in [7, 11) is 0. The van der Waals surface area contributed by atoms with E-state index in [1.54, 1.807) is 0 Å². The van der Waals surface area contributed by atoms with Gasteiger partial charge in [0.2, 0.25) is 0 Å². The molecule has 3 aliphatic rings. The number of anilines is 1. The van der Waals surface area contributed by atoms with Crippen molar-refractivity contribution in [1.82, 2.24) is 14.7 Å². The number of likely N-dealkylation sites (tertiary alicyclic amines) is 1. The predicted molar refractivity (Wildman–Crippen MR) is 121 cm³/mol. The molecule has 31 heavy (non-hydrogen) atoms. The molecule has 3 aliphatic heterocycles. The van der Waals surface area contributed by atoms with Gasteiger partial charge in [-0.3, -0.25) is 14.5 Å². The van der Waals surface area contributed by atoms with Gasteiger partial charge in [-0.15, -0.1) is 0 Å². The first-order valence-corrected chi connectivity index (χ1v) is 11.4. The number of piperazine rings is 1. The number of carbonyl (C=O) groups is 2. The Kier molecular flexibility index (Phi) is 5.64. The average Bonchev–Trinajstić information content (AvgIpc) is 3.34. The van der Waals surface area contributed by atoms with E-state index in [1.807, 2.05) is 52.3 Å². The van der Waals surface area contributed by atoms with Crippen molar-refractivity contribution in [2.75, 3.05) is 57.3 Å². The van der Waals surface area contributed by atoms with E-state index >= 15 is 0 Å². The van der Waals surface area contributed by atoms with Crippen molar-refractivity contribution in [1.29, 1.82) is 0 Å². The molecule has 0 saturated carbocycles. The van der Waals surface area contributed by atoms with Crippen molar-refractivity contribution < 1.29 is 9.59 Å².